The Hall–Kier alpha value is -3.45. The van der Waals surface area contributed by atoms with Gasteiger partial charge in [0.05, 0.1) is 5.69 Å². The number of amides is 1. The SMILES string of the molecule is Cc1oc(-c2ccc(C(=O)Nc3ccc(Br)cc3F)cc2)nc1COc1ccccc1. The second-order valence-electron chi connectivity index (χ2n) is 6.78. The minimum absolute atomic E-state index is 0.115. The Bertz CT molecular complexity index is 1210. The molecule has 4 rings (SSSR count). The fraction of sp³-hybridized carbons (Fsp3) is 0.0833. The number of carbonyl (C=O) groups excluding carboxylic acids is 1. The van der Waals surface area contributed by atoms with E-state index in [0.717, 1.165) is 11.3 Å². The van der Waals surface area contributed by atoms with E-state index < -0.39 is 11.7 Å². The van der Waals surface area contributed by atoms with Crippen LogP contribution in [-0.2, 0) is 6.61 Å². The Morgan fingerprint density at radius 1 is 1.10 bits per heavy atom. The lowest BCUT2D eigenvalue weighted by molar-refractivity contribution is 0.102. The van der Waals surface area contributed by atoms with Crippen LogP contribution in [0.5, 0.6) is 5.75 Å². The van der Waals surface area contributed by atoms with Crippen molar-refractivity contribution in [1.82, 2.24) is 4.98 Å². The van der Waals surface area contributed by atoms with Crippen LogP contribution < -0.4 is 10.1 Å². The van der Waals surface area contributed by atoms with Crippen LogP contribution in [0.4, 0.5) is 10.1 Å². The lowest BCUT2D eigenvalue weighted by atomic mass is 10.1. The zero-order valence-electron chi connectivity index (χ0n) is 16.6. The highest BCUT2D eigenvalue weighted by molar-refractivity contribution is 9.10. The molecule has 1 amide bonds. The summed E-state index contributed by atoms with van der Waals surface area (Å²) in [4.78, 5) is 16.9. The van der Waals surface area contributed by atoms with Gasteiger partial charge in [-0.25, -0.2) is 9.37 Å². The van der Waals surface area contributed by atoms with Gasteiger partial charge in [-0.3, -0.25) is 4.79 Å². The Balaban J connectivity index is 1.44. The topological polar surface area (TPSA) is 64.4 Å². The van der Waals surface area contributed by atoms with Crippen molar-refractivity contribution in [1.29, 1.82) is 0 Å². The van der Waals surface area contributed by atoms with Gasteiger partial charge in [-0.15, -0.1) is 0 Å². The van der Waals surface area contributed by atoms with Gasteiger partial charge in [0.1, 0.15) is 29.6 Å². The van der Waals surface area contributed by atoms with E-state index >= 15 is 0 Å². The van der Waals surface area contributed by atoms with Gasteiger partial charge in [-0.1, -0.05) is 34.1 Å². The number of hydrogen-bond acceptors (Lipinski definition) is 4. The van der Waals surface area contributed by atoms with E-state index in [1.807, 2.05) is 37.3 Å². The molecule has 0 aliphatic heterocycles. The summed E-state index contributed by atoms with van der Waals surface area (Å²) in [5, 5.41) is 2.57. The van der Waals surface area contributed by atoms with Crippen molar-refractivity contribution in [2.75, 3.05) is 5.32 Å². The number of hydrogen-bond donors (Lipinski definition) is 1. The second kappa shape index (κ2) is 9.14. The van der Waals surface area contributed by atoms with Gasteiger partial charge >= 0.3 is 0 Å². The highest BCUT2D eigenvalue weighted by Crippen LogP contribution is 2.24. The zero-order valence-corrected chi connectivity index (χ0v) is 18.1. The van der Waals surface area contributed by atoms with Gasteiger partial charge in [-0.05, 0) is 61.5 Å². The number of rotatable bonds is 6. The van der Waals surface area contributed by atoms with E-state index in [2.05, 4.69) is 26.2 Å². The van der Waals surface area contributed by atoms with Crippen LogP contribution in [0.15, 0.2) is 81.7 Å². The van der Waals surface area contributed by atoms with Crippen molar-refractivity contribution in [2.45, 2.75) is 13.5 Å². The number of ether oxygens (including phenoxy) is 1. The first-order chi connectivity index (χ1) is 15.0. The minimum Gasteiger partial charge on any atom is -0.487 e. The molecule has 0 atom stereocenters. The molecule has 5 nitrogen and oxygen atoms in total. The van der Waals surface area contributed by atoms with Crippen LogP contribution in [0, 0.1) is 12.7 Å². The molecule has 0 spiro atoms. The van der Waals surface area contributed by atoms with Gasteiger partial charge in [0, 0.05) is 15.6 Å². The van der Waals surface area contributed by atoms with Gasteiger partial charge in [0.2, 0.25) is 5.89 Å². The van der Waals surface area contributed by atoms with Gasteiger partial charge in [0.15, 0.2) is 0 Å². The third-order valence-electron chi connectivity index (χ3n) is 4.58. The number of halogens is 2. The van der Waals surface area contributed by atoms with Crippen LogP contribution >= 0.6 is 15.9 Å². The van der Waals surface area contributed by atoms with E-state index in [4.69, 9.17) is 9.15 Å². The molecule has 31 heavy (non-hydrogen) atoms. The fourth-order valence-corrected chi connectivity index (χ4v) is 3.24. The molecule has 4 aromatic rings. The summed E-state index contributed by atoms with van der Waals surface area (Å²) in [6.07, 6.45) is 0. The minimum atomic E-state index is -0.514. The van der Waals surface area contributed by atoms with Gasteiger partial charge in [-0.2, -0.15) is 0 Å². The first kappa shape index (κ1) is 20.8. The number of oxazole rings is 1. The Morgan fingerprint density at radius 2 is 1.84 bits per heavy atom. The monoisotopic (exact) mass is 480 g/mol. The van der Waals surface area contributed by atoms with Crippen LogP contribution in [0.25, 0.3) is 11.5 Å². The molecule has 1 N–H and O–H groups in total. The fourth-order valence-electron chi connectivity index (χ4n) is 2.90. The molecule has 7 heteroatoms. The molecular weight excluding hydrogens is 463 g/mol. The van der Waals surface area contributed by atoms with Crippen LogP contribution in [0.2, 0.25) is 0 Å². The Labute approximate surface area is 187 Å². The number of anilines is 1. The molecular formula is C24H18BrFN2O3. The van der Waals surface area contributed by atoms with Crippen LogP contribution in [0.3, 0.4) is 0 Å². The van der Waals surface area contributed by atoms with E-state index in [-0.39, 0.29) is 5.69 Å². The molecule has 0 saturated heterocycles. The number of benzene rings is 3. The molecule has 3 aromatic carbocycles. The summed E-state index contributed by atoms with van der Waals surface area (Å²) in [5.74, 6) is 0.936. The molecule has 1 heterocycles. The molecule has 0 aliphatic carbocycles. The summed E-state index contributed by atoms with van der Waals surface area (Å²) >= 11 is 3.19. The summed E-state index contributed by atoms with van der Waals surface area (Å²) in [7, 11) is 0. The second-order valence-corrected chi connectivity index (χ2v) is 7.69. The van der Waals surface area contributed by atoms with Crippen molar-refractivity contribution < 1.29 is 18.3 Å². The van der Waals surface area contributed by atoms with Crippen molar-refractivity contribution in [3.63, 3.8) is 0 Å². The molecule has 1 aromatic heterocycles. The van der Waals surface area contributed by atoms with Gasteiger partial charge in [0.25, 0.3) is 5.91 Å². The van der Waals surface area contributed by atoms with E-state index in [0.29, 0.717) is 34.0 Å². The molecule has 0 bridgehead atoms. The highest BCUT2D eigenvalue weighted by Gasteiger charge is 2.14. The summed E-state index contributed by atoms with van der Waals surface area (Å²) in [6, 6.07) is 20.7. The predicted molar refractivity (Wildman–Crippen MR) is 120 cm³/mol. The molecule has 0 radical (unpaired) electrons. The molecule has 0 unspecified atom stereocenters. The number of aromatic nitrogens is 1. The number of nitrogens with one attached hydrogen (secondary N) is 1. The van der Waals surface area contributed by atoms with E-state index in [1.165, 1.54) is 12.1 Å². The number of para-hydroxylation sites is 1. The smallest absolute Gasteiger partial charge is 0.255 e. The molecule has 0 saturated carbocycles. The first-order valence-electron chi connectivity index (χ1n) is 9.50. The average molecular weight is 481 g/mol. The lowest BCUT2D eigenvalue weighted by Gasteiger charge is -2.07. The number of aryl methyl sites for hydroxylation is 1. The van der Waals surface area contributed by atoms with Crippen molar-refractivity contribution >= 4 is 27.5 Å². The summed E-state index contributed by atoms with van der Waals surface area (Å²) < 4.78 is 26.1. The van der Waals surface area contributed by atoms with Crippen LogP contribution in [-0.4, -0.2) is 10.9 Å². The van der Waals surface area contributed by atoms with Crippen LogP contribution in [0.1, 0.15) is 21.8 Å². The Kier molecular flexibility index (Phi) is 6.13. The van der Waals surface area contributed by atoms with Gasteiger partial charge < -0.3 is 14.5 Å². The quantitative estimate of drug-likeness (QED) is 0.347. The Morgan fingerprint density at radius 3 is 2.55 bits per heavy atom. The first-order valence-corrected chi connectivity index (χ1v) is 10.3. The highest BCUT2D eigenvalue weighted by atomic mass is 79.9. The average Bonchev–Trinajstić information content (AvgIpc) is 3.15. The third-order valence-corrected chi connectivity index (χ3v) is 5.08. The van der Waals surface area contributed by atoms with Crippen molar-refractivity contribution in [3.05, 3.63) is 100 Å². The largest absolute Gasteiger partial charge is 0.487 e. The maximum atomic E-state index is 13.9. The number of nitrogens with zero attached hydrogens (tertiary/aromatic N) is 1. The van der Waals surface area contributed by atoms with E-state index in [1.54, 1.807) is 30.3 Å². The zero-order chi connectivity index (χ0) is 21.8. The maximum Gasteiger partial charge on any atom is 0.255 e. The molecule has 156 valence electrons. The molecule has 0 fully saturated rings. The van der Waals surface area contributed by atoms with Crippen molar-refractivity contribution in [2.24, 2.45) is 0 Å². The predicted octanol–water partition coefficient (Wildman–Crippen LogP) is 6.38. The van der Waals surface area contributed by atoms with Crippen molar-refractivity contribution in [3.8, 4) is 17.2 Å². The maximum absolute atomic E-state index is 13.9. The standard InChI is InChI=1S/C24H18BrFN2O3/c1-15-22(14-30-19-5-3-2-4-6-19)28-24(31-15)17-9-7-16(8-10-17)23(29)27-21-12-11-18(25)13-20(21)26/h2-13H,14H2,1H3,(H,27,29). The molecule has 0 aliphatic rings. The van der Waals surface area contributed by atoms with E-state index in [9.17, 15) is 9.18 Å². The number of carbonyl (C=O) groups is 1. The third kappa shape index (κ3) is 5.00. The summed E-state index contributed by atoms with van der Waals surface area (Å²) in [6.45, 7) is 2.12. The normalized spacial score (nSPS) is 10.7. The lowest BCUT2D eigenvalue weighted by Crippen LogP contribution is -2.12. The summed E-state index contributed by atoms with van der Waals surface area (Å²) in [5.41, 5.74) is 1.93.